The summed E-state index contributed by atoms with van der Waals surface area (Å²) in [5.41, 5.74) is 5.86. The van der Waals surface area contributed by atoms with Gasteiger partial charge in [-0.3, -0.25) is 0 Å². The van der Waals surface area contributed by atoms with Gasteiger partial charge in [-0.15, -0.1) is 0 Å². The summed E-state index contributed by atoms with van der Waals surface area (Å²) in [4.78, 5) is 0. The molecule has 0 aromatic heterocycles. The van der Waals surface area contributed by atoms with Crippen LogP contribution in [0.1, 0.15) is 23.6 Å². The molecule has 0 spiro atoms. The quantitative estimate of drug-likeness (QED) is 0.774. The summed E-state index contributed by atoms with van der Waals surface area (Å²) in [6.45, 7) is 4.72. The predicted molar refractivity (Wildman–Crippen MR) is 76.0 cm³/mol. The molecule has 0 saturated carbocycles. The fourth-order valence-corrected chi connectivity index (χ4v) is 3.09. The highest BCUT2D eigenvalue weighted by atomic mass is 16.7. The molecule has 2 aromatic rings. The third-order valence-electron chi connectivity index (χ3n) is 3.81. The van der Waals surface area contributed by atoms with Crippen LogP contribution in [0.25, 0.3) is 11.1 Å². The molecular weight excluding hydrogens is 236 g/mol. The highest BCUT2D eigenvalue weighted by Crippen LogP contribution is 2.51. The van der Waals surface area contributed by atoms with Crippen LogP contribution in [0.3, 0.4) is 0 Å². The molecule has 0 aliphatic heterocycles. The Hall–Kier alpha value is -1.64. The number of hydrogen-bond donors (Lipinski definition) is 0. The average Bonchev–Trinajstić information content (AvgIpc) is 2.72. The third-order valence-corrected chi connectivity index (χ3v) is 3.81. The van der Waals surface area contributed by atoms with Crippen LogP contribution >= 0.6 is 0 Å². The number of ether oxygens (including phenoxy) is 2. The first-order chi connectivity index (χ1) is 9.24. The van der Waals surface area contributed by atoms with Crippen LogP contribution in [0.15, 0.2) is 42.5 Å². The molecule has 19 heavy (non-hydrogen) atoms. The van der Waals surface area contributed by atoms with Gasteiger partial charge >= 0.3 is 0 Å². The van der Waals surface area contributed by atoms with E-state index in [2.05, 4.69) is 43.3 Å². The molecule has 2 aromatic carbocycles. The van der Waals surface area contributed by atoms with Gasteiger partial charge < -0.3 is 9.47 Å². The Bertz CT molecular complexity index is 618. The van der Waals surface area contributed by atoms with E-state index in [4.69, 9.17) is 9.47 Å². The minimum atomic E-state index is -0.758. The maximum atomic E-state index is 6.05. The van der Waals surface area contributed by atoms with Crippen molar-refractivity contribution in [3.8, 4) is 11.1 Å². The maximum Gasteiger partial charge on any atom is 0.223 e. The van der Waals surface area contributed by atoms with Crippen molar-refractivity contribution >= 4 is 0 Å². The summed E-state index contributed by atoms with van der Waals surface area (Å²) in [7, 11) is 1.72. The zero-order valence-electron chi connectivity index (χ0n) is 11.6. The van der Waals surface area contributed by atoms with E-state index in [9.17, 15) is 0 Å². The van der Waals surface area contributed by atoms with Gasteiger partial charge in [0.2, 0.25) is 5.79 Å². The van der Waals surface area contributed by atoms with Gasteiger partial charge in [0.05, 0.1) is 0 Å². The number of hydrogen-bond acceptors (Lipinski definition) is 2. The zero-order valence-corrected chi connectivity index (χ0v) is 11.6. The number of rotatable bonds is 3. The lowest BCUT2D eigenvalue weighted by atomic mass is 9.98. The molecule has 0 amide bonds. The van der Waals surface area contributed by atoms with Gasteiger partial charge in [-0.05, 0) is 30.5 Å². The lowest BCUT2D eigenvalue weighted by Crippen LogP contribution is -2.32. The van der Waals surface area contributed by atoms with E-state index in [1.807, 2.05) is 13.0 Å². The molecule has 98 valence electrons. The van der Waals surface area contributed by atoms with Gasteiger partial charge in [0.15, 0.2) is 0 Å². The van der Waals surface area contributed by atoms with Crippen LogP contribution in [0, 0.1) is 6.92 Å². The number of aryl methyl sites for hydroxylation is 1. The monoisotopic (exact) mass is 254 g/mol. The van der Waals surface area contributed by atoms with Crippen molar-refractivity contribution < 1.29 is 9.47 Å². The maximum absolute atomic E-state index is 6.05. The van der Waals surface area contributed by atoms with E-state index >= 15 is 0 Å². The Labute approximate surface area is 114 Å². The fourth-order valence-electron chi connectivity index (χ4n) is 3.09. The second-order valence-corrected chi connectivity index (χ2v) is 4.80. The van der Waals surface area contributed by atoms with Gasteiger partial charge in [0, 0.05) is 24.8 Å². The summed E-state index contributed by atoms with van der Waals surface area (Å²) >= 11 is 0. The Morgan fingerprint density at radius 2 is 1.74 bits per heavy atom. The van der Waals surface area contributed by atoms with Crippen LogP contribution in [0.2, 0.25) is 0 Å². The first-order valence-corrected chi connectivity index (χ1v) is 6.63. The lowest BCUT2D eigenvalue weighted by Gasteiger charge is -2.31. The highest BCUT2D eigenvalue weighted by molar-refractivity contribution is 5.80. The molecule has 3 rings (SSSR count). The van der Waals surface area contributed by atoms with Crippen molar-refractivity contribution in [2.24, 2.45) is 0 Å². The van der Waals surface area contributed by atoms with Crippen molar-refractivity contribution in [1.29, 1.82) is 0 Å². The average molecular weight is 254 g/mol. The SMILES string of the molecule is CCOC1(OC)c2ccccc2-c2cccc(C)c21. The third kappa shape index (κ3) is 1.57. The van der Waals surface area contributed by atoms with E-state index in [1.54, 1.807) is 7.11 Å². The van der Waals surface area contributed by atoms with Gasteiger partial charge in [-0.25, -0.2) is 0 Å². The van der Waals surface area contributed by atoms with Gasteiger partial charge in [0.1, 0.15) is 0 Å². The molecule has 2 heteroatoms. The second-order valence-electron chi connectivity index (χ2n) is 4.80. The number of fused-ring (bicyclic) bond motifs is 3. The number of methoxy groups -OCH3 is 1. The van der Waals surface area contributed by atoms with Crippen molar-refractivity contribution in [2.45, 2.75) is 19.6 Å². The van der Waals surface area contributed by atoms with Crippen LogP contribution in [-0.4, -0.2) is 13.7 Å². The van der Waals surface area contributed by atoms with Crippen molar-refractivity contribution in [2.75, 3.05) is 13.7 Å². The first-order valence-electron chi connectivity index (χ1n) is 6.63. The number of benzene rings is 2. The molecule has 0 saturated heterocycles. The summed E-state index contributed by atoms with van der Waals surface area (Å²) in [6, 6.07) is 14.7. The van der Waals surface area contributed by atoms with Crippen molar-refractivity contribution in [3.05, 3.63) is 59.2 Å². The minimum Gasteiger partial charge on any atom is -0.346 e. The van der Waals surface area contributed by atoms with Gasteiger partial charge in [-0.1, -0.05) is 42.5 Å². The molecule has 1 aliphatic carbocycles. The second kappa shape index (κ2) is 4.48. The lowest BCUT2D eigenvalue weighted by molar-refractivity contribution is -0.196. The molecular formula is C17H18O2. The van der Waals surface area contributed by atoms with E-state index in [0.29, 0.717) is 6.61 Å². The smallest absolute Gasteiger partial charge is 0.223 e. The Morgan fingerprint density at radius 3 is 2.47 bits per heavy atom. The standard InChI is InChI=1S/C17H18O2/c1-4-19-17(18-3)15-11-6-5-9-13(15)14-10-7-8-12(2)16(14)17/h5-11H,4H2,1-3H3. The van der Waals surface area contributed by atoms with Gasteiger partial charge in [-0.2, -0.15) is 0 Å². The summed E-state index contributed by atoms with van der Waals surface area (Å²) < 4.78 is 11.9. The van der Waals surface area contributed by atoms with E-state index < -0.39 is 5.79 Å². The van der Waals surface area contributed by atoms with Crippen LogP contribution in [0.5, 0.6) is 0 Å². The molecule has 0 N–H and O–H groups in total. The van der Waals surface area contributed by atoms with Crippen LogP contribution in [-0.2, 0) is 15.3 Å². The van der Waals surface area contributed by atoms with E-state index in [1.165, 1.54) is 16.7 Å². The van der Waals surface area contributed by atoms with Crippen molar-refractivity contribution in [3.63, 3.8) is 0 Å². The molecule has 0 bridgehead atoms. The Balaban J connectivity index is 2.37. The highest BCUT2D eigenvalue weighted by Gasteiger charge is 2.45. The molecule has 1 atom stereocenters. The topological polar surface area (TPSA) is 18.5 Å². The summed E-state index contributed by atoms with van der Waals surface area (Å²) in [6.07, 6.45) is 0. The normalized spacial score (nSPS) is 20.2. The molecule has 1 unspecified atom stereocenters. The zero-order chi connectivity index (χ0) is 13.5. The molecule has 1 aliphatic rings. The Kier molecular flexibility index (Phi) is 2.92. The molecule has 0 radical (unpaired) electrons. The summed E-state index contributed by atoms with van der Waals surface area (Å²) in [5, 5.41) is 0. The predicted octanol–water partition coefficient (Wildman–Crippen LogP) is 3.86. The minimum absolute atomic E-state index is 0.607. The Morgan fingerprint density at radius 1 is 1.00 bits per heavy atom. The van der Waals surface area contributed by atoms with Crippen LogP contribution in [0.4, 0.5) is 0 Å². The van der Waals surface area contributed by atoms with E-state index in [0.717, 1.165) is 11.1 Å². The molecule has 0 fully saturated rings. The molecule has 2 nitrogen and oxygen atoms in total. The first kappa shape index (κ1) is 12.4. The van der Waals surface area contributed by atoms with Gasteiger partial charge in [0.25, 0.3) is 0 Å². The fraction of sp³-hybridized carbons (Fsp3) is 0.294. The molecule has 0 heterocycles. The summed E-state index contributed by atoms with van der Waals surface area (Å²) in [5.74, 6) is -0.758. The van der Waals surface area contributed by atoms with Crippen molar-refractivity contribution in [1.82, 2.24) is 0 Å². The van der Waals surface area contributed by atoms with E-state index in [-0.39, 0.29) is 0 Å². The van der Waals surface area contributed by atoms with Crippen LogP contribution < -0.4 is 0 Å². The largest absolute Gasteiger partial charge is 0.346 e.